The summed E-state index contributed by atoms with van der Waals surface area (Å²) >= 11 is 0. The Hall–Kier alpha value is -1.26. The summed E-state index contributed by atoms with van der Waals surface area (Å²) in [7, 11) is 1.66. The maximum atomic E-state index is 12.5. The molecule has 1 unspecified atom stereocenters. The van der Waals surface area contributed by atoms with Crippen LogP contribution in [-0.4, -0.2) is 30.0 Å². The lowest BCUT2D eigenvalue weighted by Crippen LogP contribution is -2.54. The van der Waals surface area contributed by atoms with Crippen molar-refractivity contribution in [3.05, 3.63) is 29.3 Å². The van der Waals surface area contributed by atoms with Crippen LogP contribution in [0.4, 0.5) is 0 Å². The van der Waals surface area contributed by atoms with Gasteiger partial charge >= 0.3 is 0 Å². The fraction of sp³-hybridized carbons (Fsp3) is 0.562. The fourth-order valence-electron chi connectivity index (χ4n) is 2.82. The summed E-state index contributed by atoms with van der Waals surface area (Å²) < 4.78 is 5.25. The van der Waals surface area contributed by atoms with Crippen molar-refractivity contribution in [1.82, 2.24) is 4.90 Å². The van der Waals surface area contributed by atoms with Crippen LogP contribution in [0.15, 0.2) is 18.2 Å². The standard InChI is InChI=1S/C16H24N2O2.ClH/c1-4-8-16(2,17)15(19)18-9-7-12-5-6-14(20-3)10-13(12)11-18;/h5-6,10H,4,7-9,11,17H2,1-3H3;1H. The number of carbonyl (C=O) groups is 1. The van der Waals surface area contributed by atoms with E-state index in [0.717, 1.165) is 30.7 Å². The normalized spacial score (nSPS) is 16.5. The minimum atomic E-state index is -0.759. The van der Waals surface area contributed by atoms with Gasteiger partial charge in [-0.05, 0) is 43.0 Å². The molecule has 1 aromatic rings. The zero-order valence-electron chi connectivity index (χ0n) is 13.0. The molecule has 21 heavy (non-hydrogen) atoms. The maximum absolute atomic E-state index is 12.5. The number of carbonyl (C=O) groups excluding carboxylic acids is 1. The highest BCUT2D eigenvalue weighted by Gasteiger charge is 2.33. The highest BCUT2D eigenvalue weighted by Crippen LogP contribution is 2.25. The minimum Gasteiger partial charge on any atom is -0.497 e. The average molecular weight is 313 g/mol. The zero-order valence-corrected chi connectivity index (χ0v) is 13.8. The number of hydrogen-bond donors (Lipinski definition) is 1. The highest BCUT2D eigenvalue weighted by molar-refractivity contribution is 5.86. The van der Waals surface area contributed by atoms with Gasteiger partial charge in [-0.15, -0.1) is 12.4 Å². The first-order chi connectivity index (χ1) is 9.47. The molecule has 118 valence electrons. The number of benzene rings is 1. The molecular formula is C16H25ClN2O2. The second-order valence-electron chi connectivity index (χ2n) is 5.78. The van der Waals surface area contributed by atoms with E-state index in [1.165, 1.54) is 5.56 Å². The van der Waals surface area contributed by atoms with Crippen molar-refractivity contribution in [3.63, 3.8) is 0 Å². The van der Waals surface area contributed by atoms with E-state index in [2.05, 4.69) is 13.0 Å². The Morgan fingerprint density at radius 1 is 1.43 bits per heavy atom. The summed E-state index contributed by atoms with van der Waals surface area (Å²) in [5.74, 6) is 0.884. The summed E-state index contributed by atoms with van der Waals surface area (Å²) in [5, 5.41) is 0. The Bertz CT molecular complexity index is 503. The number of ether oxygens (including phenoxy) is 1. The van der Waals surface area contributed by atoms with E-state index in [4.69, 9.17) is 10.5 Å². The lowest BCUT2D eigenvalue weighted by atomic mass is 9.93. The first kappa shape index (κ1) is 17.8. The lowest BCUT2D eigenvalue weighted by Gasteiger charge is -2.35. The Kier molecular flexibility index (Phi) is 6.05. The molecule has 2 rings (SSSR count). The molecule has 0 spiro atoms. The van der Waals surface area contributed by atoms with Gasteiger partial charge in [0.05, 0.1) is 12.6 Å². The van der Waals surface area contributed by atoms with Crippen LogP contribution in [0.3, 0.4) is 0 Å². The third kappa shape index (κ3) is 3.89. The first-order valence-electron chi connectivity index (χ1n) is 7.22. The molecule has 1 atom stereocenters. The highest BCUT2D eigenvalue weighted by atomic mass is 35.5. The number of nitrogens with zero attached hydrogens (tertiary/aromatic N) is 1. The van der Waals surface area contributed by atoms with Gasteiger partial charge in [-0.3, -0.25) is 4.79 Å². The van der Waals surface area contributed by atoms with Crippen LogP contribution in [0.1, 0.15) is 37.8 Å². The van der Waals surface area contributed by atoms with E-state index in [0.29, 0.717) is 13.0 Å². The molecule has 1 aliphatic rings. The molecule has 2 N–H and O–H groups in total. The summed E-state index contributed by atoms with van der Waals surface area (Å²) in [5.41, 5.74) is 7.86. The third-order valence-corrected chi connectivity index (χ3v) is 3.97. The molecule has 4 nitrogen and oxygen atoms in total. The molecule has 0 radical (unpaired) electrons. The van der Waals surface area contributed by atoms with Crippen molar-refractivity contribution in [2.75, 3.05) is 13.7 Å². The predicted octanol–water partition coefficient (Wildman–Crippen LogP) is 2.52. The van der Waals surface area contributed by atoms with Gasteiger partial charge in [-0.1, -0.05) is 19.4 Å². The number of halogens is 1. The molecule has 0 fully saturated rings. The summed E-state index contributed by atoms with van der Waals surface area (Å²) in [6.07, 6.45) is 2.51. The molecule has 1 aromatic carbocycles. The van der Waals surface area contributed by atoms with Crippen LogP contribution in [0.25, 0.3) is 0 Å². The Morgan fingerprint density at radius 3 is 2.76 bits per heavy atom. The number of methoxy groups -OCH3 is 1. The second kappa shape index (κ2) is 7.14. The average Bonchev–Trinajstić information content (AvgIpc) is 2.45. The quantitative estimate of drug-likeness (QED) is 0.929. The van der Waals surface area contributed by atoms with E-state index in [-0.39, 0.29) is 18.3 Å². The topological polar surface area (TPSA) is 55.6 Å². The molecule has 0 aromatic heterocycles. The van der Waals surface area contributed by atoms with Gasteiger partial charge in [0.25, 0.3) is 0 Å². The van der Waals surface area contributed by atoms with Crippen LogP contribution in [-0.2, 0) is 17.8 Å². The van der Waals surface area contributed by atoms with Crippen molar-refractivity contribution >= 4 is 18.3 Å². The third-order valence-electron chi connectivity index (χ3n) is 3.97. The Labute approximate surface area is 133 Å². The molecule has 0 aliphatic carbocycles. The number of amides is 1. The number of nitrogens with two attached hydrogens (primary N) is 1. The lowest BCUT2D eigenvalue weighted by molar-refractivity contribution is -0.137. The second-order valence-corrected chi connectivity index (χ2v) is 5.78. The Balaban J connectivity index is 0.00000220. The van der Waals surface area contributed by atoms with Crippen molar-refractivity contribution in [3.8, 4) is 5.75 Å². The smallest absolute Gasteiger partial charge is 0.242 e. The van der Waals surface area contributed by atoms with Gasteiger partial charge in [-0.2, -0.15) is 0 Å². The molecule has 0 saturated carbocycles. The van der Waals surface area contributed by atoms with E-state index in [9.17, 15) is 4.79 Å². The molecule has 5 heteroatoms. The Morgan fingerprint density at radius 2 is 2.14 bits per heavy atom. The van der Waals surface area contributed by atoms with E-state index in [1.54, 1.807) is 7.11 Å². The number of hydrogen-bond acceptors (Lipinski definition) is 3. The molecule has 0 saturated heterocycles. The maximum Gasteiger partial charge on any atom is 0.242 e. The minimum absolute atomic E-state index is 0. The van der Waals surface area contributed by atoms with Crippen molar-refractivity contribution in [1.29, 1.82) is 0 Å². The van der Waals surface area contributed by atoms with Crippen molar-refractivity contribution in [2.45, 2.75) is 45.2 Å². The summed E-state index contributed by atoms with van der Waals surface area (Å²) in [6, 6.07) is 6.08. The number of rotatable bonds is 4. The fourth-order valence-corrected chi connectivity index (χ4v) is 2.82. The monoisotopic (exact) mass is 312 g/mol. The molecular weight excluding hydrogens is 288 g/mol. The van der Waals surface area contributed by atoms with E-state index < -0.39 is 5.54 Å². The van der Waals surface area contributed by atoms with Gasteiger partial charge in [0, 0.05) is 13.1 Å². The van der Waals surface area contributed by atoms with Gasteiger partial charge in [0.15, 0.2) is 0 Å². The van der Waals surface area contributed by atoms with Gasteiger partial charge < -0.3 is 15.4 Å². The van der Waals surface area contributed by atoms with Crippen LogP contribution < -0.4 is 10.5 Å². The van der Waals surface area contributed by atoms with E-state index >= 15 is 0 Å². The molecule has 1 heterocycles. The largest absolute Gasteiger partial charge is 0.497 e. The first-order valence-corrected chi connectivity index (χ1v) is 7.22. The zero-order chi connectivity index (χ0) is 14.8. The van der Waals surface area contributed by atoms with Gasteiger partial charge in [0.2, 0.25) is 5.91 Å². The van der Waals surface area contributed by atoms with Crippen LogP contribution in [0.5, 0.6) is 5.75 Å². The van der Waals surface area contributed by atoms with Crippen LogP contribution >= 0.6 is 12.4 Å². The van der Waals surface area contributed by atoms with Crippen LogP contribution in [0, 0.1) is 0 Å². The van der Waals surface area contributed by atoms with Crippen LogP contribution in [0.2, 0.25) is 0 Å². The van der Waals surface area contributed by atoms with Gasteiger partial charge in [-0.25, -0.2) is 0 Å². The van der Waals surface area contributed by atoms with E-state index in [1.807, 2.05) is 24.0 Å². The predicted molar refractivity (Wildman–Crippen MR) is 86.9 cm³/mol. The van der Waals surface area contributed by atoms with Crippen molar-refractivity contribution in [2.24, 2.45) is 5.73 Å². The summed E-state index contributed by atoms with van der Waals surface area (Å²) in [6.45, 7) is 5.26. The SMILES string of the molecule is CCCC(C)(N)C(=O)N1CCc2ccc(OC)cc2C1.Cl. The molecule has 0 bridgehead atoms. The molecule has 1 aliphatic heterocycles. The van der Waals surface area contributed by atoms with Gasteiger partial charge in [0.1, 0.15) is 5.75 Å². The number of fused-ring (bicyclic) bond motifs is 1. The summed E-state index contributed by atoms with van der Waals surface area (Å²) in [4.78, 5) is 14.4. The van der Waals surface area contributed by atoms with Crippen molar-refractivity contribution < 1.29 is 9.53 Å². The molecule has 1 amide bonds.